The number of rotatable bonds is 6. The third kappa shape index (κ3) is 5.39. The van der Waals surface area contributed by atoms with E-state index in [0.717, 1.165) is 36.1 Å². The average Bonchev–Trinajstić information content (AvgIpc) is 3.21. The second-order valence-corrected chi connectivity index (χ2v) is 9.25. The zero-order valence-electron chi connectivity index (χ0n) is 15.7. The molecule has 1 saturated heterocycles. The van der Waals surface area contributed by atoms with Gasteiger partial charge in [-0.15, -0.1) is 0 Å². The largest absolute Gasteiger partial charge is 0.353 e. The highest BCUT2D eigenvalue weighted by atomic mass is 35.6. The lowest BCUT2D eigenvalue weighted by Gasteiger charge is -2.16. The topological polar surface area (TPSA) is 66.0 Å². The van der Waals surface area contributed by atoms with Crippen LogP contribution in [0, 0.1) is 0 Å². The first kappa shape index (κ1) is 20.4. The van der Waals surface area contributed by atoms with Gasteiger partial charge in [0.2, 0.25) is 15.7 Å². The van der Waals surface area contributed by atoms with E-state index in [1.165, 1.54) is 12.8 Å². The van der Waals surface area contributed by atoms with Crippen LogP contribution in [-0.2, 0) is 3.79 Å². The van der Waals surface area contributed by atoms with E-state index < -0.39 is 3.79 Å². The van der Waals surface area contributed by atoms with Gasteiger partial charge < -0.3 is 15.5 Å². The number of alkyl halides is 3. The maximum Gasteiger partial charge on any atom is 0.250 e. The maximum absolute atomic E-state index is 6.04. The molecule has 0 amide bonds. The van der Waals surface area contributed by atoms with Crippen molar-refractivity contribution in [2.24, 2.45) is 0 Å². The number of halogens is 3. The van der Waals surface area contributed by atoms with Crippen LogP contribution in [0.25, 0.3) is 10.8 Å². The van der Waals surface area contributed by atoms with E-state index >= 15 is 0 Å². The van der Waals surface area contributed by atoms with Crippen molar-refractivity contribution in [2.75, 3.05) is 36.8 Å². The van der Waals surface area contributed by atoms with Gasteiger partial charge in [0.25, 0.3) is 0 Å². The van der Waals surface area contributed by atoms with Gasteiger partial charge in [-0.2, -0.15) is 15.0 Å². The summed E-state index contributed by atoms with van der Waals surface area (Å²) in [7, 11) is 0. The lowest BCUT2D eigenvalue weighted by atomic mass is 10.1. The SMILES string of the molecule is ClC(Cl)(Cl)c1nc(NCCN2CCCC2)nc(Nc2ccc3ccccc3c2)n1. The molecule has 0 radical (unpaired) electrons. The molecular weight excluding hydrogens is 431 g/mol. The van der Waals surface area contributed by atoms with Crippen molar-refractivity contribution in [2.45, 2.75) is 16.6 Å². The van der Waals surface area contributed by atoms with E-state index in [-0.39, 0.29) is 5.82 Å². The van der Waals surface area contributed by atoms with Gasteiger partial charge in [-0.05, 0) is 48.8 Å². The first-order valence-electron chi connectivity index (χ1n) is 9.53. The predicted octanol–water partition coefficient (Wildman–Crippen LogP) is 5.10. The van der Waals surface area contributed by atoms with Gasteiger partial charge in [0, 0.05) is 18.8 Å². The summed E-state index contributed by atoms with van der Waals surface area (Å²) in [5, 5.41) is 8.67. The van der Waals surface area contributed by atoms with Gasteiger partial charge in [0.05, 0.1) is 0 Å². The fraction of sp³-hybridized carbons (Fsp3) is 0.350. The Morgan fingerprint density at radius 1 is 0.897 bits per heavy atom. The number of hydrogen-bond donors (Lipinski definition) is 2. The van der Waals surface area contributed by atoms with Gasteiger partial charge >= 0.3 is 0 Å². The molecule has 152 valence electrons. The zero-order valence-corrected chi connectivity index (χ0v) is 18.0. The lowest BCUT2D eigenvalue weighted by molar-refractivity contribution is 0.352. The average molecular weight is 452 g/mol. The van der Waals surface area contributed by atoms with E-state index in [9.17, 15) is 0 Å². The number of hydrogen-bond acceptors (Lipinski definition) is 6. The van der Waals surface area contributed by atoms with Crippen molar-refractivity contribution >= 4 is 63.2 Å². The summed E-state index contributed by atoms with van der Waals surface area (Å²) < 4.78 is -1.74. The molecule has 29 heavy (non-hydrogen) atoms. The third-order valence-corrected chi connectivity index (χ3v) is 5.31. The molecule has 1 fully saturated rings. The molecule has 4 rings (SSSR count). The summed E-state index contributed by atoms with van der Waals surface area (Å²) in [6.07, 6.45) is 2.51. The van der Waals surface area contributed by atoms with Gasteiger partial charge in [0.15, 0.2) is 5.82 Å². The molecule has 2 N–H and O–H groups in total. The van der Waals surface area contributed by atoms with Crippen molar-refractivity contribution in [1.82, 2.24) is 19.9 Å². The first-order chi connectivity index (χ1) is 14.0. The second kappa shape index (κ2) is 8.88. The van der Waals surface area contributed by atoms with Crippen molar-refractivity contribution in [3.05, 3.63) is 48.3 Å². The van der Waals surface area contributed by atoms with Gasteiger partial charge in [-0.1, -0.05) is 65.1 Å². The van der Waals surface area contributed by atoms with E-state index in [2.05, 4.69) is 36.6 Å². The Morgan fingerprint density at radius 3 is 2.38 bits per heavy atom. The molecule has 1 aliphatic rings. The highest BCUT2D eigenvalue weighted by molar-refractivity contribution is 6.66. The zero-order chi connectivity index (χ0) is 20.3. The Balaban J connectivity index is 1.53. The highest BCUT2D eigenvalue weighted by Gasteiger charge is 2.28. The normalized spacial score (nSPS) is 15.0. The Labute approximate surface area is 184 Å². The Morgan fingerprint density at radius 2 is 1.62 bits per heavy atom. The second-order valence-electron chi connectivity index (χ2n) is 6.97. The molecule has 0 atom stereocenters. The Kier molecular flexibility index (Phi) is 6.25. The first-order valence-corrected chi connectivity index (χ1v) is 10.7. The minimum Gasteiger partial charge on any atom is -0.353 e. The Bertz CT molecular complexity index is 985. The van der Waals surface area contributed by atoms with Crippen molar-refractivity contribution in [1.29, 1.82) is 0 Å². The third-order valence-electron chi connectivity index (χ3n) is 4.80. The fourth-order valence-electron chi connectivity index (χ4n) is 3.37. The molecule has 0 unspecified atom stereocenters. The molecular formula is C20H21Cl3N6. The molecule has 2 heterocycles. The summed E-state index contributed by atoms with van der Waals surface area (Å²) in [6.45, 7) is 3.89. The summed E-state index contributed by atoms with van der Waals surface area (Å²) >= 11 is 18.1. The van der Waals surface area contributed by atoms with Crippen LogP contribution in [0.5, 0.6) is 0 Å². The Hall–Kier alpha value is -1.86. The molecule has 0 spiro atoms. The standard InChI is InChI=1S/C20H21Cl3N6/c21-20(22,23)17-26-18(24-9-12-29-10-3-4-11-29)28-19(27-17)25-16-8-7-14-5-1-2-6-15(14)13-16/h1-2,5-8,13H,3-4,9-12H2,(H2,24,25,26,27,28). The molecule has 1 aromatic heterocycles. The van der Waals surface area contributed by atoms with Crippen LogP contribution in [-0.4, -0.2) is 46.0 Å². The molecule has 2 aromatic carbocycles. The van der Waals surface area contributed by atoms with E-state index in [4.69, 9.17) is 34.8 Å². The van der Waals surface area contributed by atoms with Crippen LogP contribution in [0.3, 0.4) is 0 Å². The number of nitrogens with zero attached hydrogens (tertiary/aromatic N) is 4. The van der Waals surface area contributed by atoms with Gasteiger partial charge in [-0.25, -0.2) is 0 Å². The van der Waals surface area contributed by atoms with Crippen LogP contribution < -0.4 is 10.6 Å². The summed E-state index contributed by atoms with van der Waals surface area (Å²) in [6, 6.07) is 14.1. The summed E-state index contributed by atoms with van der Waals surface area (Å²) in [5.74, 6) is 0.772. The van der Waals surface area contributed by atoms with Crippen LogP contribution in [0.4, 0.5) is 17.6 Å². The monoisotopic (exact) mass is 450 g/mol. The molecule has 0 bridgehead atoms. The van der Waals surface area contributed by atoms with Gasteiger partial charge in [0.1, 0.15) is 0 Å². The summed E-state index contributed by atoms with van der Waals surface area (Å²) in [4.78, 5) is 15.4. The van der Waals surface area contributed by atoms with Crippen molar-refractivity contribution in [3.8, 4) is 0 Å². The quantitative estimate of drug-likeness (QED) is 0.508. The lowest BCUT2D eigenvalue weighted by Crippen LogP contribution is -2.26. The smallest absolute Gasteiger partial charge is 0.250 e. The number of aromatic nitrogens is 3. The van der Waals surface area contributed by atoms with E-state index in [1.807, 2.05) is 36.4 Å². The van der Waals surface area contributed by atoms with Crippen molar-refractivity contribution in [3.63, 3.8) is 0 Å². The van der Waals surface area contributed by atoms with Crippen LogP contribution in [0.15, 0.2) is 42.5 Å². The molecule has 0 saturated carbocycles. The number of benzene rings is 2. The highest BCUT2D eigenvalue weighted by Crippen LogP contribution is 2.36. The molecule has 9 heteroatoms. The minimum atomic E-state index is -1.74. The van der Waals surface area contributed by atoms with Crippen LogP contribution in [0.2, 0.25) is 0 Å². The van der Waals surface area contributed by atoms with E-state index in [1.54, 1.807) is 0 Å². The number of anilines is 3. The predicted molar refractivity (Wildman–Crippen MR) is 120 cm³/mol. The van der Waals surface area contributed by atoms with Crippen LogP contribution in [0.1, 0.15) is 18.7 Å². The molecule has 1 aliphatic heterocycles. The number of fused-ring (bicyclic) bond motifs is 1. The number of likely N-dealkylation sites (tertiary alicyclic amines) is 1. The van der Waals surface area contributed by atoms with Crippen LogP contribution >= 0.6 is 34.8 Å². The fourth-order valence-corrected chi connectivity index (χ4v) is 3.62. The maximum atomic E-state index is 6.04. The van der Waals surface area contributed by atoms with Crippen molar-refractivity contribution < 1.29 is 0 Å². The number of nitrogens with one attached hydrogen (secondary N) is 2. The molecule has 0 aliphatic carbocycles. The minimum absolute atomic E-state index is 0.0736. The molecule has 3 aromatic rings. The molecule has 6 nitrogen and oxygen atoms in total. The summed E-state index contributed by atoms with van der Waals surface area (Å²) in [5.41, 5.74) is 0.841. The van der Waals surface area contributed by atoms with E-state index in [0.29, 0.717) is 18.4 Å². The van der Waals surface area contributed by atoms with Gasteiger partial charge in [-0.3, -0.25) is 0 Å².